The monoisotopic (exact) mass is 276 g/mol. The fraction of sp³-hybridized carbons (Fsp3) is 0.833. The molecule has 0 fully saturated rings. The van der Waals surface area contributed by atoms with Crippen molar-refractivity contribution in [1.82, 2.24) is 10.2 Å². The molecule has 0 aliphatic rings. The molecule has 106 valence electrons. The average Bonchev–Trinajstić information content (AvgIpc) is 2.30. The molecule has 2 N–H and O–H groups in total. The average molecular weight is 276 g/mol. The molecule has 0 saturated heterocycles. The van der Waals surface area contributed by atoms with E-state index < -0.39 is 12.0 Å². The van der Waals surface area contributed by atoms with Gasteiger partial charge in [-0.15, -0.1) is 0 Å². The minimum atomic E-state index is -0.974. The number of carboxylic acids is 1. The van der Waals surface area contributed by atoms with E-state index in [1.54, 1.807) is 16.7 Å². The van der Waals surface area contributed by atoms with E-state index >= 15 is 0 Å². The van der Waals surface area contributed by atoms with Crippen molar-refractivity contribution in [3.8, 4) is 0 Å². The van der Waals surface area contributed by atoms with E-state index in [1.165, 1.54) is 0 Å². The Morgan fingerprint density at radius 3 is 2.39 bits per heavy atom. The molecule has 0 bridgehead atoms. The first kappa shape index (κ1) is 17.1. The number of carbonyl (C=O) groups is 2. The minimum absolute atomic E-state index is 0.292. The van der Waals surface area contributed by atoms with Crippen molar-refractivity contribution in [3.63, 3.8) is 0 Å². The Morgan fingerprint density at radius 1 is 1.39 bits per heavy atom. The lowest BCUT2D eigenvalue weighted by molar-refractivity contribution is -0.139. The molecule has 1 atom stereocenters. The molecule has 0 aliphatic heterocycles. The summed E-state index contributed by atoms with van der Waals surface area (Å²) in [6.45, 7) is 7.16. The van der Waals surface area contributed by atoms with Crippen LogP contribution in [0.5, 0.6) is 0 Å². The summed E-state index contributed by atoms with van der Waals surface area (Å²) in [6.07, 6.45) is 2.36. The zero-order valence-corrected chi connectivity index (χ0v) is 12.4. The maximum Gasteiger partial charge on any atom is 0.326 e. The Morgan fingerprint density at radius 2 is 2.00 bits per heavy atom. The van der Waals surface area contributed by atoms with E-state index in [0.717, 1.165) is 0 Å². The predicted molar refractivity (Wildman–Crippen MR) is 75.0 cm³/mol. The maximum atomic E-state index is 11.9. The van der Waals surface area contributed by atoms with Crippen molar-refractivity contribution in [2.24, 2.45) is 5.92 Å². The van der Waals surface area contributed by atoms with E-state index in [2.05, 4.69) is 5.32 Å². The summed E-state index contributed by atoms with van der Waals surface area (Å²) in [7, 11) is 0. The van der Waals surface area contributed by atoms with Gasteiger partial charge in [-0.25, -0.2) is 9.59 Å². The second kappa shape index (κ2) is 9.08. The normalized spacial score (nSPS) is 12.3. The number of thioether (sulfide) groups is 1. The molecule has 0 saturated carbocycles. The van der Waals surface area contributed by atoms with Gasteiger partial charge in [-0.2, -0.15) is 11.8 Å². The molecule has 6 heteroatoms. The summed E-state index contributed by atoms with van der Waals surface area (Å²) in [4.78, 5) is 24.6. The quantitative estimate of drug-likeness (QED) is 0.710. The van der Waals surface area contributed by atoms with Gasteiger partial charge in [0.2, 0.25) is 0 Å². The van der Waals surface area contributed by atoms with Crippen LogP contribution in [-0.2, 0) is 4.79 Å². The number of hydrogen-bond donors (Lipinski definition) is 2. The number of amides is 2. The fourth-order valence-corrected chi connectivity index (χ4v) is 2.00. The van der Waals surface area contributed by atoms with Crippen LogP contribution in [0.25, 0.3) is 0 Å². The number of hydrogen-bond acceptors (Lipinski definition) is 3. The molecule has 0 radical (unpaired) electrons. The van der Waals surface area contributed by atoms with Crippen LogP contribution in [0, 0.1) is 5.92 Å². The number of urea groups is 1. The molecular formula is C12H24N2O3S. The molecule has 0 unspecified atom stereocenters. The Hall–Kier alpha value is -0.910. The second-order valence-electron chi connectivity index (χ2n) is 4.55. The largest absolute Gasteiger partial charge is 0.480 e. The van der Waals surface area contributed by atoms with Crippen LogP contribution in [0.4, 0.5) is 4.79 Å². The summed E-state index contributed by atoms with van der Waals surface area (Å²) in [5.41, 5.74) is 0. The second-order valence-corrected chi connectivity index (χ2v) is 5.54. The zero-order chi connectivity index (χ0) is 14.1. The van der Waals surface area contributed by atoms with Crippen LogP contribution in [0.2, 0.25) is 0 Å². The number of carboxylic acid groups (broad SMARTS) is 1. The van der Waals surface area contributed by atoms with Crippen LogP contribution in [0.15, 0.2) is 0 Å². The van der Waals surface area contributed by atoms with Gasteiger partial charge in [-0.05, 0) is 31.3 Å². The van der Waals surface area contributed by atoms with Crippen LogP contribution >= 0.6 is 11.8 Å². The van der Waals surface area contributed by atoms with Gasteiger partial charge in [0, 0.05) is 13.1 Å². The van der Waals surface area contributed by atoms with Gasteiger partial charge >= 0.3 is 12.0 Å². The summed E-state index contributed by atoms with van der Waals surface area (Å²) >= 11 is 1.57. The van der Waals surface area contributed by atoms with Crippen LogP contribution in [0.3, 0.4) is 0 Å². The van der Waals surface area contributed by atoms with Gasteiger partial charge in [-0.1, -0.05) is 13.8 Å². The lowest BCUT2D eigenvalue weighted by Crippen LogP contribution is -2.49. The predicted octanol–water partition coefficient (Wildman–Crippen LogP) is 1.88. The van der Waals surface area contributed by atoms with Crippen molar-refractivity contribution in [2.45, 2.75) is 33.2 Å². The highest BCUT2D eigenvalue weighted by Gasteiger charge is 2.22. The van der Waals surface area contributed by atoms with Crippen LogP contribution in [0.1, 0.15) is 27.2 Å². The van der Waals surface area contributed by atoms with Crippen molar-refractivity contribution >= 4 is 23.8 Å². The third kappa shape index (κ3) is 6.74. The highest BCUT2D eigenvalue weighted by Crippen LogP contribution is 2.04. The SMILES string of the molecule is CCN(CC(C)C)C(=O)N[C@@H](CCSC)C(=O)O. The molecule has 0 aromatic heterocycles. The van der Waals surface area contributed by atoms with E-state index in [1.807, 2.05) is 27.0 Å². The van der Waals surface area contributed by atoms with E-state index in [-0.39, 0.29) is 6.03 Å². The molecule has 0 aliphatic carbocycles. The van der Waals surface area contributed by atoms with Crippen LogP contribution < -0.4 is 5.32 Å². The first-order chi connectivity index (χ1) is 8.42. The van der Waals surface area contributed by atoms with Crippen molar-refractivity contribution in [2.75, 3.05) is 25.1 Å². The van der Waals surface area contributed by atoms with Crippen molar-refractivity contribution in [3.05, 3.63) is 0 Å². The molecule has 5 nitrogen and oxygen atoms in total. The lowest BCUT2D eigenvalue weighted by atomic mass is 10.2. The summed E-state index contributed by atoms with van der Waals surface area (Å²) in [6, 6.07) is -1.09. The van der Waals surface area contributed by atoms with E-state index in [4.69, 9.17) is 5.11 Å². The highest BCUT2D eigenvalue weighted by atomic mass is 32.2. The van der Waals surface area contributed by atoms with Crippen molar-refractivity contribution < 1.29 is 14.7 Å². The minimum Gasteiger partial charge on any atom is -0.480 e. The molecule has 0 aromatic rings. The Labute approximate surface area is 113 Å². The van der Waals surface area contributed by atoms with Gasteiger partial charge in [0.05, 0.1) is 0 Å². The third-order valence-electron chi connectivity index (χ3n) is 2.46. The summed E-state index contributed by atoms with van der Waals surface area (Å²) < 4.78 is 0. The lowest BCUT2D eigenvalue weighted by Gasteiger charge is -2.25. The van der Waals surface area contributed by atoms with E-state index in [0.29, 0.717) is 31.2 Å². The van der Waals surface area contributed by atoms with Gasteiger partial charge < -0.3 is 15.3 Å². The zero-order valence-electron chi connectivity index (χ0n) is 11.6. The topological polar surface area (TPSA) is 69.6 Å². The third-order valence-corrected chi connectivity index (χ3v) is 3.10. The standard InChI is InChI=1S/C12H24N2O3S/c1-5-14(8-9(2)3)12(17)13-10(11(15)16)6-7-18-4/h9-10H,5-8H2,1-4H3,(H,13,17)(H,15,16)/t10-/m0/s1. The smallest absolute Gasteiger partial charge is 0.326 e. The fourth-order valence-electron chi connectivity index (χ4n) is 1.53. The van der Waals surface area contributed by atoms with Gasteiger partial charge in [0.1, 0.15) is 6.04 Å². The number of aliphatic carboxylic acids is 1. The van der Waals surface area contributed by atoms with Gasteiger partial charge in [-0.3, -0.25) is 0 Å². The van der Waals surface area contributed by atoms with Gasteiger partial charge in [0.15, 0.2) is 0 Å². The molecule has 0 spiro atoms. The Balaban J connectivity index is 4.41. The molecule has 2 amide bonds. The first-order valence-electron chi connectivity index (χ1n) is 6.19. The van der Waals surface area contributed by atoms with Crippen molar-refractivity contribution in [1.29, 1.82) is 0 Å². The Kier molecular flexibility index (Phi) is 8.62. The number of nitrogens with one attached hydrogen (secondary N) is 1. The molecule has 0 heterocycles. The van der Waals surface area contributed by atoms with E-state index in [9.17, 15) is 9.59 Å². The number of nitrogens with zero attached hydrogens (tertiary/aromatic N) is 1. The molecule has 18 heavy (non-hydrogen) atoms. The Bertz CT molecular complexity index is 272. The molecular weight excluding hydrogens is 252 g/mol. The maximum absolute atomic E-state index is 11.9. The summed E-state index contributed by atoms with van der Waals surface area (Å²) in [5, 5.41) is 11.6. The number of carbonyl (C=O) groups excluding carboxylic acids is 1. The molecule has 0 aromatic carbocycles. The molecule has 0 rings (SSSR count). The highest BCUT2D eigenvalue weighted by molar-refractivity contribution is 7.98. The van der Waals surface area contributed by atoms with Gasteiger partial charge in [0.25, 0.3) is 0 Å². The van der Waals surface area contributed by atoms with Crippen LogP contribution in [-0.4, -0.2) is 53.1 Å². The number of rotatable bonds is 8. The first-order valence-corrected chi connectivity index (χ1v) is 7.58. The summed E-state index contributed by atoms with van der Waals surface area (Å²) in [5.74, 6) is 0.108.